The molecule has 0 saturated heterocycles. The van der Waals surface area contributed by atoms with Crippen molar-refractivity contribution in [3.05, 3.63) is 28.8 Å². The van der Waals surface area contributed by atoms with Gasteiger partial charge in [-0.15, -0.1) is 0 Å². The molecule has 0 saturated carbocycles. The molecule has 0 atom stereocenters. The van der Waals surface area contributed by atoms with Gasteiger partial charge in [-0.2, -0.15) is 5.26 Å². The number of nitrogens with zero attached hydrogens (tertiary/aromatic N) is 1. The summed E-state index contributed by atoms with van der Waals surface area (Å²) in [7, 11) is -1.57. The van der Waals surface area contributed by atoms with Gasteiger partial charge < -0.3 is 10.0 Å². The van der Waals surface area contributed by atoms with Crippen molar-refractivity contribution in [3.8, 4) is 6.07 Å². The van der Waals surface area contributed by atoms with Crippen LogP contribution in [0.3, 0.4) is 0 Å². The van der Waals surface area contributed by atoms with E-state index < -0.39 is 7.12 Å². The third-order valence-corrected chi connectivity index (χ3v) is 2.32. The van der Waals surface area contributed by atoms with Crippen LogP contribution in [0.5, 0.6) is 0 Å². The fourth-order valence-electron chi connectivity index (χ4n) is 1.57. The van der Waals surface area contributed by atoms with Gasteiger partial charge in [-0.05, 0) is 24.5 Å². The molecule has 0 spiro atoms. The molecule has 0 radical (unpaired) electrons. The van der Waals surface area contributed by atoms with Crippen LogP contribution in [0.1, 0.15) is 23.6 Å². The Balaban J connectivity index is 3.43. The number of hydrogen-bond donors (Lipinski definition) is 2. The molecule has 0 amide bonds. The van der Waals surface area contributed by atoms with E-state index in [1.807, 2.05) is 19.9 Å². The average molecular weight is 189 g/mol. The molecule has 0 heterocycles. The lowest BCUT2D eigenvalue weighted by atomic mass is 9.75. The molecule has 0 unspecified atom stereocenters. The lowest BCUT2D eigenvalue weighted by molar-refractivity contribution is 0.425. The second kappa shape index (κ2) is 4.27. The van der Waals surface area contributed by atoms with E-state index in [4.69, 9.17) is 15.3 Å². The van der Waals surface area contributed by atoms with Gasteiger partial charge in [0.05, 0.1) is 11.6 Å². The van der Waals surface area contributed by atoms with Gasteiger partial charge in [0.15, 0.2) is 0 Å². The Kier molecular flexibility index (Phi) is 3.29. The summed E-state index contributed by atoms with van der Waals surface area (Å²) in [4.78, 5) is 0. The molecule has 0 aliphatic rings. The molecule has 14 heavy (non-hydrogen) atoms. The van der Waals surface area contributed by atoms with Crippen LogP contribution < -0.4 is 5.46 Å². The maximum absolute atomic E-state index is 9.05. The first kappa shape index (κ1) is 10.8. The molecule has 2 N–H and O–H groups in total. The van der Waals surface area contributed by atoms with Crippen molar-refractivity contribution in [2.75, 3.05) is 0 Å². The Hall–Kier alpha value is -1.31. The van der Waals surface area contributed by atoms with Gasteiger partial charge >= 0.3 is 7.12 Å². The highest BCUT2D eigenvalue weighted by Gasteiger charge is 2.18. The normalized spacial score (nSPS) is 9.64. The minimum absolute atomic E-state index is 0.287. The molecule has 0 fully saturated rings. The molecule has 1 aromatic carbocycles. The number of benzene rings is 1. The van der Waals surface area contributed by atoms with Crippen molar-refractivity contribution in [3.63, 3.8) is 0 Å². The van der Waals surface area contributed by atoms with Crippen LogP contribution in [0.25, 0.3) is 0 Å². The Morgan fingerprint density at radius 3 is 2.50 bits per heavy atom. The third-order valence-electron chi connectivity index (χ3n) is 2.32. The van der Waals surface area contributed by atoms with Gasteiger partial charge in [-0.1, -0.05) is 19.1 Å². The van der Waals surface area contributed by atoms with Crippen LogP contribution >= 0.6 is 0 Å². The molecule has 4 heteroatoms. The standard InChI is InChI=1S/C10H12BNO2/c1-3-8-7(2)4-5-10(11(13)14)9(8)6-12/h4-5,13-14H,3H2,1-2H3. The maximum atomic E-state index is 9.05. The fraction of sp³-hybridized carbons (Fsp3) is 0.300. The van der Waals surface area contributed by atoms with Crippen molar-refractivity contribution in [1.82, 2.24) is 0 Å². The monoisotopic (exact) mass is 189 g/mol. The summed E-state index contributed by atoms with van der Waals surface area (Å²) < 4.78 is 0. The lowest BCUT2D eigenvalue weighted by Gasteiger charge is -2.09. The smallest absolute Gasteiger partial charge is 0.423 e. The molecule has 0 aromatic heterocycles. The Labute approximate surface area is 83.8 Å². The third kappa shape index (κ3) is 1.79. The zero-order valence-electron chi connectivity index (χ0n) is 8.28. The first-order valence-electron chi connectivity index (χ1n) is 4.50. The van der Waals surface area contributed by atoms with Crippen LogP contribution in [0.4, 0.5) is 0 Å². The summed E-state index contributed by atoms with van der Waals surface area (Å²) in [5.41, 5.74) is 2.57. The van der Waals surface area contributed by atoms with E-state index in [1.54, 1.807) is 12.1 Å². The van der Waals surface area contributed by atoms with E-state index in [2.05, 4.69) is 0 Å². The van der Waals surface area contributed by atoms with Gasteiger partial charge in [-0.25, -0.2) is 0 Å². The van der Waals surface area contributed by atoms with E-state index in [0.29, 0.717) is 5.56 Å². The van der Waals surface area contributed by atoms with Crippen molar-refractivity contribution in [2.24, 2.45) is 0 Å². The predicted molar refractivity (Wildman–Crippen MR) is 55.1 cm³/mol. The molecule has 72 valence electrons. The predicted octanol–water partition coefficient (Wildman–Crippen LogP) is 0.109. The van der Waals surface area contributed by atoms with E-state index in [1.165, 1.54) is 0 Å². The number of rotatable bonds is 2. The number of hydrogen-bond acceptors (Lipinski definition) is 3. The molecule has 1 rings (SSSR count). The second-order valence-electron chi connectivity index (χ2n) is 3.16. The highest BCUT2D eigenvalue weighted by Crippen LogP contribution is 2.12. The van der Waals surface area contributed by atoms with Crippen LogP contribution in [0.15, 0.2) is 12.1 Å². The Morgan fingerprint density at radius 2 is 2.07 bits per heavy atom. The molecule has 0 aliphatic heterocycles. The van der Waals surface area contributed by atoms with Crippen molar-refractivity contribution in [2.45, 2.75) is 20.3 Å². The summed E-state index contributed by atoms with van der Waals surface area (Å²) in [6.45, 7) is 3.85. The van der Waals surface area contributed by atoms with Gasteiger partial charge in [-0.3, -0.25) is 0 Å². The topological polar surface area (TPSA) is 64.2 Å². The van der Waals surface area contributed by atoms with Crippen LogP contribution in [0.2, 0.25) is 0 Å². The van der Waals surface area contributed by atoms with Gasteiger partial charge in [0.1, 0.15) is 0 Å². The van der Waals surface area contributed by atoms with E-state index in [9.17, 15) is 0 Å². The fourth-order valence-corrected chi connectivity index (χ4v) is 1.57. The highest BCUT2D eigenvalue weighted by atomic mass is 16.4. The summed E-state index contributed by atoms with van der Waals surface area (Å²) in [5.74, 6) is 0. The molecule has 3 nitrogen and oxygen atoms in total. The summed E-state index contributed by atoms with van der Waals surface area (Å²) >= 11 is 0. The SMILES string of the molecule is CCc1c(C)ccc(B(O)O)c1C#N. The zero-order chi connectivity index (χ0) is 10.7. The summed E-state index contributed by atoms with van der Waals surface area (Å²) in [6, 6.07) is 5.40. The molecule has 0 bridgehead atoms. The number of aryl methyl sites for hydroxylation is 1. The van der Waals surface area contributed by atoms with Crippen molar-refractivity contribution in [1.29, 1.82) is 5.26 Å². The Bertz CT molecular complexity index is 382. The summed E-state index contributed by atoms with van der Waals surface area (Å²) in [6.07, 6.45) is 0.718. The van der Waals surface area contributed by atoms with Crippen LogP contribution in [-0.2, 0) is 6.42 Å². The first-order valence-corrected chi connectivity index (χ1v) is 4.50. The van der Waals surface area contributed by atoms with E-state index in [-0.39, 0.29) is 5.46 Å². The molecule has 0 aliphatic carbocycles. The van der Waals surface area contributed by atoms with Gasteiger partial charge in [0.2, 0.25) is 0 Å². The maximum Gasteiger partial charge on any atom is 0.489 e. The Morgan fingerprint density at radius 1 is 1.43 bits per heavy atom. The van der Waals surface area contributed by atoms with Gasteiger partial charge in [0.25, 0.3) is 0 Å². The summed E-state index contributed by atoms with van der Waals surface area (Å²) in [5, 5.41) is 27.0. The lowest BCUT2D eigenvalue weighted by Crippen LogP contribution is -2.33. The highest BCUT2D eigenvalue weighted by molar-refractivity contribution is 6.59. The average Bonchev–Trinajstić information content (AvgIpc) is 2.16. The minimum atomic E-state index is -1.57. The van der Waals surface area contributed by atoms with Crippen molar-refractivity contribution >= 4 is 12.6 Å². The van der Waals surface area contributed by atoms with Crippen molar-refractivity contribution < 1.29 is 10.0 Å². The van der Waals surface area contributed by atoms with Gasteiger partial charge in [0, 0.05) is 5.46 Å². The van der Waals surface area contributed by atoms with Crippen LogP contribution in [0, 0.1) is 18.3 Å². The van der Waals surface area contributed by atoms with Crippen LogP contribution in [-0.4, -0.2) is 17.2 Å². The molecular weight excluding hydrogens is 177 g/mol. The molecular formula is C10H12BNO2. The minimum Gasteiger partial charge on any atom is -0.423 e. The quantitative estimate of drug-likeness (QED) is 0.649. The first-order chi connectivity index (χ1) is 6.61. The number of nitriles is 1. The zero-order valence-corrected chi connectivity index (χ0v) is 8.28. The van der Waals surface area contributed by atoms with E-state index in [0.717, 1.165) is 17.5 Å². The second-order valence-corrected chi connectivity index (χ2v) is 3.16. The largest absolute Gasteiger partial charge is 0.489 e. The van der Waals surface area contributed by atoms with E-state index >= 15 is 0 Å². The molecule has 1 aromatic rings.